The molecule has 1 aromatic carbocycles. The Kier molecular flexibility index (Phi) is 4.22. The number of carbonyl (C=O) groups excluding carboxylic acids is 1. The number of nitrogens with one attached hydrogen (secondary N) is 1. The van der Waals surface area contributed by atoms with Gasteiger partial charge in [-0.25, -0.2) is 0 Å². The van der Waals surface area contributed by atoms with E-state index in [1.54, 1.807) is 0 Å². The molecule has 4 heteroatoms. The average Bonchev–Trinajstić information content (AvgIpc) is 2.77. The fraction of sp³-hybridized carbons (Fsp3) is 0.533. The molecule has 3 unspecified atom stereocenters. The molecule has 1 aromatic rings. The van der Waals surface area contributed by atoms with Crippen molar-refractivity contribution in [3.05, 3.63) is 35.9 Å². The van der Waals surface area contributed by atoms with Crippen molar-refractivity contribution in [3.8, 4) is 0 Å². The summed E-state index contributed by atoms with van der Waals surface area (Å²) in [5.74, 6) is -0.291. The lowest BCUT2D eigenvalue weighted by atomic mass is 9.95. The van der Waals surface area contributed by atoms with Gasteiger partial charge in [-0.3, -0.25) is 4.79 Å². The maximum absolute atomic E-state index is 12.1. The normalized spacial score (nSPS) is 28.1. The third kappa shape index (κ3) is 3.14. The van der Waals surface area contributed by atoms with Crippen LogP contribution in [0.5, 0.6) is 0 Å². The van der Waals surface area contributed by atoms with E-state index in [4.69, 9.17) is 4.74 Å². The summed E-state index contributed by atoms with van der Waals surface area (Å²) < 4.78 is 5.34. The molecule has 1 aliphatic rings. The van der Waals surface area contributed by atoms with Crippen LogP contribution < -0.4 is 5.32 Å². The number of hydrogen-bond donors (Lipinski definition) is 2. The molecule has 1 heterocycles. The molecule has 3 atom stereocenters. The number of rotatable bonds is 4. The maximum Gasteiger partial charge on any atom is 0.227 e. The van der Waals surface area contributed by atoms with Crippen LogP contribution >= 0.6 is 0 Å². The fourth-order valence-corrected chi connectivity index (χ4v) is 2.29. The van der Waals surface area contributed by atoms with Crippen LogP contribution in [0.15, 0.2) is 30.3 Å². The predicted octanol–water partition coefficient (Wildman–Crippen LogP) is 1.45. The van der Waals surface area contributed by atoms with Crippen molar-refractivity contribution in [1.29, 1.82) is 0 Å². The maximum atomic E-state index is 12.1. The Labute approximate surface area is 113 Å². The molecule has 2 rings (SSSR count). The van der Waals surface area contributed by atoms with Crippen LogP contribution in [-0.2, 0) is 9.53 Å². The van der Waals surface area contributed by atoms with E-state index in [0.717, 1.165) is 5.56 Å². The monoisotopic (exact) mass is 263 g/mol. The largest absolute Gasteiger partial charge is 0.385 e. The van der Waals surface area contributed by atoms with E-state index in [1.807, 2.05) is 44.2 Å². The van der Waals surface area contributed by atoms with Crippen molar-refractivity contribution < 1.29 is 14.6 Å². The second-order valence-electron chi connectivity index (χ2n) is 5.22. The van der Waals surface area contributed by atoms with Gasteiger partial charge in [0.05, 0.1) is 12.0 Å². The van der Waals surface area contributed by atoms with Crippen molar-refractivity contribution in [2.75, 3.05) is 13.2 Å². The van der Waals surface area contributed by atoms with E-state index in [9.17, 15) is 9.90 Å². The molecule has 1 aliphatic heterocycles. The highest BCUT2D eigenvalue weighted by molar-refractivity contribution is 5.83. The number of benzene rings is 1. The van der Waals surface area contributed by atoms with Crippen LogP contribution in [-0.4, -0.2) is 35.9 Å². The molecule has 0 aliphatic carbocycles. The average molecular weight is 263 g/mol. The summed E-state index contributed by atoms with van der Waals surface area (Å²) in [5, 5.41) is 13.1. The zero-order chi connectivity index (χ0) is 13.9. The predicted molar refractivity (Wildman–Crippen MR) is 72.8 cm³/mol. The summed E-state index contributed by atoms with van der Waals surface area (Å²) in [5.41, 5.74) is 0.0363. The summed E-state index contributed by atoms with van der Waals surface area (Å²) in [4.78, 5) is 12.1. The summed E-state index contributed by atoms with van der Waals surface area (Å²) in [6.45, 7) is 4.48. The molecule has 19 heavy (non-hydrogen) atoms. The minimum Gasteiger partial charge on any atom is -0.385 e. The summed E-state index contributed by atoms with van der Waals surface area (Å²) >= 11 is 0. The SMILES string of the molecule is CC(C(=O)NCC1(O)CCOC1C)c1ccccc1. The minimum absolute atomic E-state index is 0.0706. The van der Waals surface area contributed by atoms with E-state index < -0.39 is 5.60 Å². The topological polar surface area (TPSA) is 58.6 Å². The van der Waals surface area contributed by atoms with Gasteiger partial charge in [0.15, 0.2) is 0 Å². The number of carbonyl (C=O) groups is 1. The van der Waals surface area contributed by atoms with Gasteiger partial charge < -0.3 is 15.2 Å². The Morgan fingerprint density at radius 2 is 2.21 bits per heavy atom. The first-order valence-electron chi connectivity index (χ1n) is 6.69. The number of aliphatic hydroxyl groups is 1. The molecule has 0 bridgehead atoms. The van der Waals surface area contributed by atoms with Gasteiger partial charge in [-0.15, -0.1) is 0 Å². The van der Waals surface area contributed by atoms with Crippen LogP contribution in [0.4, 0.5) is 0 Å². The summed E-state index contributed by atoms with van der Waals surface area (Å²) in [7, 11) is 0. The van der Waals surface area contributed by atoms with Gasteiger partial charge in [0.1, 0.15) is 5.60 Å². The van der Waals surface area contributed by atoms with Crippen LogP contribution in [0.3, 0.4) is 0 Å². The molecule has 4 nitrogen and oxygen atoms in total. The van der Waals surface area contributed by atoms with Crippen LogP contribution in [0.2, 0.25) is 0 Å². The van der Waals surface area contributed by atoms with Crippen molar-refractivity contribution in [3.63, 3.8) is 0 Å². The van der Waals surface area contributed by atoms with Gasteiger partial charge in [0.2, 0.25) is 5.91 Å². The van der Waals surface area contributed by atoms with E-state index in [1.165, 1.54) is 0 Å². The zero-order valence-corrected chi connectivity index (χ0v) is 11.4. The van der Waals surface area contributed by atoms with Crippen LogP contribution in [0.1, 0.15) is 31.7 Å². The molecule has 1 amide bonds. The Bertz CT molecular complexity index is 434. The highest BCUT2D eigenvalue weighted by Gasteiger charge is 2.39. The van der Waals surface area contributed by atoms with Crippen molar-refractivity contribution in [1.82, 2.24) is 5.32 Å². The van der Waals surface area contributed by atoms with Gasteiger partial charge in [0.25, 0.3) is 0 Å². The lowest BCUT2D eigenvalue weighted by molar-refractivity contribution is -0.124. The molecule has 0 radical (unpaired) electrons. The van der Waals surface area contributed by atoms with Crippen LogP contribution in [0.25, 0.3) is 0 Å². The van der Waals surface area contributed by atoms with E-state index in [0.29, 0.717) is 13.0 Å². The zero-order valence-electron chi connectivity index (χ0n) is 11.4. The molecule has 0 spiro atoms. The van der Waals surface area contributed by atoms with Crippen molar-refractivity contribution in [2.24, 2.45) is 0 Å². The molecule has 1 saturated heterocycles. The third-order valence-electron chi connectivity index (χ3n) is 3.92. The minimum atomic E-state index is -0.938. The molecule has 1 fully saturated rings. The van der Waals surface area contributed by atoms with Crippen molar-refractivity contribution >= 4 is 5.91 Å². The lowest BCUT2D eigenvalue weighted by Gasteiger charge is -2.26. The van der Waals surface area contributed by atoms with E-state index in [2.05, 4.69) is 5.32 Å². The Hall–Kier alpha value is -1.39. The molecule has 104 valence electrons. The highest BCUT2D eigenvalue weighted by Crippen LogP contribution is 2.25. The first-order valence-corrected chi connectivity index (χ1v) is 6.69. The third-order valence-corrected chi connectivity index (χ3v) is 3.92. The fourth-order valence-electron chi connectivity index (χ4n) is 2.29. The standard InChI is InChI=1S/C15H21NO3/c1-11(13-6-4-3-5-7-13)14(17)16-10-15(18)8-9-19-12(15)2/h3-7,11-12,18H,8-10H2,1-2H3,(H,16,17). The second kappa shape index (κ2) is 5.72. The van der Waals surface area contributed by atoms with Gasteiger partial charge in [-0.05, 0) is 19.4 Å². The van der Waals surface area contributed by atoms with E-state index >= 15 is 0 Å². The first-order chi connectivity index (χ1) is 9.03. The van der Waals surface area contributed by atoms with Gasteiger partial charge in [-0.1, -0.05) is 30.3 Å². The quantitative estimate of drug-likeness (QED) is 0.864. The summed E-state index contributed by atoms with van der Waals surface area (Å²) in [6, 6.07) is 9.62. The number of ether oxygens (including phenoxy) is 1. The summed E-state index contributed by atoms with van der Waals surface area (Å²) in [6.07, 6.45) is 0.327. The van der Waals surface area contributed by atoms with E-state index in [-0.39, 0.29) is 24.5 Å². The Morgan fingerprint density at radius 1 is 1.53 bits per heavy atom. The molecular formula is C15H21NO3. The molecule has 2 N–H and O–H groups in total. The van der Waals surface area contributed by atoms with Gasteiger partial charge in [-0.2, -0.15) is 0 Å². The Balaban J connectivity index is 1.91. The smallest absolute Gasteiger partial charge is 0.227 e. The number of amides is 1. The molecular weight excluding hydrogens is 242 g/mol. The Morgan fingerprint density at radius 3 is 2.79 bits per heavy atom. The van der Waals surface area contributed by atoms with Gasteiger partial charge in [0, 0.05) is 19.6 Å². The first kappa shape index (κ1) is 14.0. The van der Waals surface area contributed by atoms with Crippen LogP contribution in [0, 0.1) is 0 Å². The van der Waals surface area contributed by atoms with Crippen molar-refractivity contribution in [2.45, 2.75) is 37.9 Å². The second-order valence-corrected chi connectivity index (χ2v) is 5.22. The van der Waals surface area contributed by atoms with Gasteiger partial charge >= 0.3 is 0 Å². The lowest BCUT2D eigenvalue weighted by Crippen LogP contribution is -2.48. The molecule has 0 aromatic heterocycles. The highest BCUT2D eigenvalue weighted by atomic mass is 16.5. The number of hydrogen-bond acceptors (Lipinski definition) is 3. The molecule has 0 saturated carbocycles.